The highest BCUT2D eigenvalue weighted by Gasteiger charge is 2.23. The fraction of sp³-hybridized carbons (Fsp3) is 0.647. The molecule has 0 bridgehead atoms. The Morgan fingerprint density at radius 3 is 2.53 bits per heavy atom. The van der Waals surface area contributed by atoms with Crippen molar-refractivity contribution in [2.45, 2.75) is 71.0 Å². The first-order valence-corrected chi connectivity index (χ1v) is 7.47. The number of nitrogens with two attached hydrogens (primary N) is 1. The zero-order valence-electron chi connectivity index (χ0n) is 12.8. The van der Waals surface area contributed by atoms with E-state index in [4.69, 9.17) is 5.73 Å². The molecule has 2 rings (SSSR count). The van der Waals surface area contributed by atoms with Gasteiger partial charge in [0.1, 0.15) is 0 Å². The van der Waals surface area contributed by atoms with E-state index in [0.29, 0.717) is 12.1 Å². The second-order valence-corrected chi connectivity index (χ2v) is 6.97. The van der Waals surface area contributed by atoms with Crippen molar-refractivity contribution in [2.24, 2.45) is 5.73 Å². The highest BCUT2D eigenvalue weighted by Crippen LogP contribution is 2.24. The van der Waals surface area contributed by atoms with E-state index in [1.165, 1.54) is 36.0 Å². The Kier molecular flexibility index (Phi) is 4.32. The molecule has 2 unspecified atom stereocenters. The highest BCUT2D eigenvalue weighted by atomic mass is 15.0. The van der Waals surface area contributed by atoms with Crippen molar-refractivity contribution in [2.75, 3.05) is 0 Å². The van der Waals surface area contributed by atoms with Crippen LogP contribution in [0.4, 0.5) is 0 Å². The Hall–Kier alpha value is -0.860. The van der Waals surface area contributed by atoms with Crippen LogP contribution in [-0.4, -0.2) is 12.1 Å². The third kappa shape index (κ3) is 3.58. The van der Waals surface area contributed by atoms with E-state index in [1.807, 2.05) is 0 Å². The van der Waals surface area contributed by atoms with Crippen molar-refractivity contribution in [3.05, 3.63) is 34.9 Å². The van der Waals surface area contributed by atoms with Crippen LogP contribution in [0.1, 0.15) is 56.7 Å². The molecular weight excluding hydrogens is 232 g/mol. The van der Waals surface area contributed by atoms with E-state index in [2.05, 4.69) is 51.2 Å². The summed E-state index contributed by atoms with van der Waals surface area (Å²) >= 11 is 0. The summed E-state index contributed by atoms with van der Waals surface area (Å²) in [6.45, 7) is 9.93. The molecule has 0 radical (unpaired) electrons. The molecule has 2 atom stereocenters. The minimum absolute atomic E-state index is 0.227. The van der Waals surface area contributed by atoms with Gasteiger partial charge in [0.2, 0.25) is 0 Å². The van der Waals surface area contributed by atoms with Crippen LogP contribution in [0.15, 0.2) is 18.2 Å². The average molecular weight is 260 g/mol. The van der Waals surface area contributed by atoms with E-state index in [9.17, 15) is 0 Å². The second kappa shape index (κ2) is 5.64. The predicted molar refractivity (Wildman–Crippen MR) is 82.3 cm³/mol. The minimum atomic E-state index is 0.227. The maximum absolute atomic E-state index is 6.10. The van der Waals surface area contributed by atoms with Crippen molar-refractivity contribution in [3.63, 3.8) is 0 Å². The van der Waals surface area contributed by atoms with E-state index < -0.39 is 0 Å². The summed E-state index contributed by atoms with van der Waals surface area (Å²) < 4.78 is 0. The number of hydrogen-bond donors (Lipinski definition) is 2. The molecule has 106 valence electrons. The van der Waals surface area contributed by atoms with Crippen molar-refractivity contribution in [3.8, 4) is 0 Å². The Morgan fingerprint density at radius 1 is 1.26 bits per heavy atom. The van der Waals surface area contributed by atoms with Gasteiger partial charge in [-0.2, -0.15) is 0 Å². The van der Waals surface area contributed by atoms with Gasteiger partial charge in [0.05, 0.1) is 0 Å². The third-order valence-electron chi connectivity index (χ3n) is 4.33. The topological polar surface area (TPSA) is 38.0 Å². The normalized spacial score (nSPS) is 23.8. The monoisotopic (exact) mass is 260 g/mol. The lowest BCUT2D eigenvalue weighted by molar-refractivity contribution is 0.474. The Balaban J connectivity index is 2.01. The summed E-state index contributed by atoms with van der Waals surface area (Å²) in [5, 5.41) is 3.62. The van der Waals surface area contributed by atoms with Crippen molar-refractivity contribution in [1.29, 1.82) is 0 Å². The van der Waals surface area contributed by atoms with E-state index in [0.717, 1.165) is 6.54 Å². The van der Waals surface area contributed by atoms with Gasteiger partial charge >= 0.3 is 0 Å². The van der Waals surface area contributed by atoms with Crippen LogP contribution in [0.5, 0.6) is 0 Å². The number of hydrogen-bond acceptors (Lipinski definition) is 2. The lowest BCUT2D eigenvalue weighted by atomic mass is 9.85. The Labute approximate surface area is 117 Å². The largest absolute Gasteiger partial charge is 0.326 e. The lowest BCUT2D eigenvalue weighted by Crippen LogP contribution is -2.40. The molecular formula is C17H28N2. The first-order chi connectivity index (χ1) is 8.88. The van der Waals surface area contributed by atoms with Gasteiger partial charge in [-0.25, -0.2) is 0 Å². The molecule has 1 aliphatic carbocycles. The van der Waals surface area contributed by atoms with Crippen LogP contribution in [-0.2, 0) is 12.0 Å². The van der Waals surface area contributed by atoms with Gasteiger partial charge < -0.3 is 11.1 Å². The summed E-state index contributed by atoms with van der Waals surface area (Å²) in [6.07, 6.45) is 3.65. The smallest absolute Gasteiger partial charge is 0.0222 e. The Bertz CT molecular complexity index is 431. The number of rotatable bonds is 3. The van der Waals surface area contributed by atoms with Gasteiger partial charge in [-0.15, -0.1) is 0 Å². The highest BCUT2D eigenvalue weighted by molar-refractivity contribution is 5.34. The molecule has 19 heavy (non-hydrogen) atoms. The molecule has 2 nitrogen and oxygen atoms in total. The van der Waals surface area contributed by atoms with Crippen LogP contribution < -0.4 is 11.1 Å². The molecule has 0 aromatic heterocycles. The SMILES string of the molecule is Cc1cc(C(C)(C)C)ccc1CNC1CCCC1N. The fourth-order valence-corrected chi connectivity index (χ4v) is 2.84. The molecule has 0 aliphatic heterocycles. The van der Waals surface area contributed by atoms with Crippen LogP contribution in [0.2, 0.25) is 0 Å². The molecule has 0 amide bonds. The average Bonchev–Trinajstić information content (AvgIpc) is 2.72. The third-order valence-corrected chi connectivity index (χ3v) is 4.33. The van der Waals surface area contributed by atoms with Gasteiger partial charge in [-0.1, -0.05) is 45.4 Å². The lowest BCUT2D eigenvalue weighted by Gasteiger charge is -2.22. The predicted octanol–water partition coefficient (Wildman–Crippen LogP) is 3.26. The van der Waals surface area contributed by atoms with Crippen LogP contribution in [0.3, 0.4) is 0 Å². The van der Waals surface area contributed by atoms with E-state index in [1.54, 1.807) is 0 Å². The summed E-state index contributed by atoms with van der Waals surface area (Å²) in [5.74, 6) is 0. The summed E-state index contributed by atoms with van der Waals surface area (Å²) in [6, 6.07) is 7.70. The quantitative estimate of drug-likeness (QED) is 0.875. The summed E-state index contributed by atoms with van der Waals surface area (Å²) in [7, 11) is 0. The number of nitrogens with one attached hydrogen (secondary N) is 1. The van der Waals surface area contributed by atoms with Gasteiger partial charge in [0.15, 0.2) is 0 Å². The maximum Gasteiger partial charge on any atom is 0.0222 e. The van der Waals surface area contributed by atoms with Gasteiger partial charge in [0.25, 0.3) is 0 Å². The van der Waals surface area contributed by atoms with Crippen LogP contribution >= 0.6 is 0 Å². The van der Waals surface area contributed by atoms with E-state index in [-0.39, 0.29) is 5.41 Å². The maximum atomic E-state index is 6.10. The molecule has 1 fully saturated rings. The second-order valence-electron chi connectivity index (χ2n) is 6.97. The molecule has 0 saturated heterocycles. The standard InChI is InChI=1S/C17H28N2/c1-12-10-14(17(2,3)4)9-8-13(12)11-19-16-7-5-6-15(16)18/h8-10,15-16,19H,5-7,11,18H2,1-4H3. The zero-order valence-corrected chi connectivity index (χ0v) is 12.8. The summed E-state index contributed by atoms with van der Waals surface area (Å²) in [5.41, 5.74) is 10.5. The van der Waals surface area contributed by atoms with Crippen molar-refractivity contribution >= 4 is 0 Å². The fourth-order valence-electron chi connectivity index (χ4n) is 2.84. The molecule has 1 saturated carbocycles. The number of benzene rings is 1. The Morgan fingerprint density at radius 2 is 2.00 bits per heavy atom. The first kappa shape index (κ1) is 14.5. The van der Waals surface area contributed by atoms with Gasteiger partial charge in [-0.05, 0) is 41.9 Å². The van der Waals surface area contributed by atoms with Crippen molar-refractivity contribution in [1.82, 2.24) is 5.32 Å². The van der Waals surface area contributed by atoms with E-state index >= 15 is 0 Å². The molecule has 0 spiro atoms. The van der Waals surface area contributed by atoms with Gasteiger partial charge in [-0.3, -0.25) is 0 Å². The van der Waals surface area contributed by atoms with Crippen molar-refractivity contribution < 1.29 is 0 Å². The molecule has 1 aromatic carbocycles. The molecule has 2 heteroatoms. The first-order valence-electron chi connectivity index (χ1n) is 7.47. The zero-order chi connectivity index (χ0) is 14.0. The van der Waals surface area contributed by atoms with Gasteiger partial charge in [0, 0.05) is 18.6 Å². The minimum Gasteiger partial charge on any atom is -0.326 e. The van der Waals surface area contributed by atoms with Crippen LogP contribution in [0.25, 0.3) is 0 Å². The molecule has 1 aliphatic rings. The molecule has 1 aromatic rings. The molecule has 0 heterocycles. The number of aryl methyl sites for hydroxylation is 1. The molecule has 3 N–H and O–H groups in total. The summed E-state index contributed by atoms with van der Waals surface area (Å²) in [4.78, 5) is 0. The van der Waals surface area contributed by atoms with Crippen LogP contribution in [0, 0.1) is 6.92 Å².